The van der Waals surface area contributed by atoms with E-state index < -0.39 is 5.91 Å². The van der Waals surface area contributed by atoms with Crippen molar-refractivity contribution in [2.75, 3.05) is 11.1 Å². The largest absolute Gasteiger partial charge is 0.398 e. The first kappa shape index (κ1) is 13.9. The number of benzene rings is 1. The smallest absolute Gasteiger partial charge is 0.257 e. The summed E-state index contributed by atoms with van der Waals surface area (Å²) < 4.78 is 0. The Hall–Kier alpha value is -1.56. The van der Waals surface area contributed by atoms with E-state index in [1.54, 1.807) is 6.07 Å². The Labute approximate surface area is 123 Å². The van der Waals surface area contributed by atoms with Crippen LogP contribution >= 0.6 is 34.8 Å². The van der Waals surface area contributed by atoms with Gasteiger partial charge in [-0.3, -0.25) is 4.79 Å². The predicted octanol–water partition coefficient (Wildman–Crippen LogP) is 3.27. The summed E-state index contributed by atoms with van der Waals surface area (Å²) in [6.45, 7) is 0. The predicted molar refractivity (Wildman–Crippen MR) is 75.9 cm³/mol. The maximum atomic E-state index is 12.1. The van der Waals surface area contributed by atoms with Crippen molar-refractivity contribution < 1.29 is 4.79 Å². The van der Waals surface area contributed by atoms with Gasteiger partial charge in [-0.15, -0.1) is 0 Å². The van der Waals surface area contributed by atoms with Gasteiger partial charge in [-0.1, -0.05) is 34.8 Å². The van der Waals surface area contributed by atoms with E-state index in [4.69, 9.17) is 40.5 Å². The molecule has 8 heteroatoms. The molecule has 1 aromatic carbocycles. The highest BCUT2D eigenvalue weighted by molar-refractivity contribution is 6.38. The number of aromatic nitrogens is 2. The van der Waals surface area contributed by atoms with Crippen LogP contribution in [-0.2, 0) is 0 Å². The van der Waals surface area contributed by atoms with Gasteiger partial charge in [0.2, 0.25) is 0 Å². The third kappa shape index (κ3) is 3.07. The second kappa shape index (κ2) is 5.61. The quantitative estimate of drug-likeness (QED) is 0.658. The number of anilines is 2. The molecule has 1 aromatic heterocycles. The van der Waals surface area contributed by atoms with E-state index in [2.05, 4.69) is 15.3 Å². The summed E-state index contributed by atoms with van der Waals surface area (Å²) in [6.07, 6.45) is 1.19. The number of carbonyl (C=O) groups is 1. The molecule has 0 aliphatic carbocycles. The molecule has 2 rings (SSSR count). The summed E-state index contributed by atoms with van der Waals surface area (Å²) in [4.78, 5) is 19.5. The molecule has 0 saturated heterocycles. The Kier molecular flexibility index (Phi) is 4.09. The first-order valence-electron chi connectivity index (χ1n) is 5.01. The highest BCUT2D eigenvalue weighted by atomic mass is 35.5. The number of hydrogen-bond acceptors (Lipinski definition) is 4. The molecule has 0 bridgehead atoms. The summed E-state index contributed by atoms with van der Waals surface area (Å²) in [5.41, 5.74) is 6.32. The molecule has 2 aromatic rings. The van der Waals surface area contributed by atoms with Crippen molar-refractivity contribution in [2.24, 2.45) is 0 Å². The summed E-state index contributed by atoms with van der Waals surface area (Å²) in [5, 5.41) is 2.96. The second-order valence-corrected chi connectivity index (χ2v) is 4.67. The lowest BCUT2D eigenvalue weighted by atomic mass is 10.1. The fraction of sp³-hybridized carbons (Fsp3) is 0. The molecule has 1 heterocycles. The van der Waals surface area contributed by atoms with Gasteiger partial charge in [-0.2, -0.15) is 0 Å². The molecule has 0 radical (unpaired) electrons. The maximum absolute atomic E-state index is 12.1. The zero-order chi connectivity index (χ0) is 14.0. The first-order chi connectivity index (χ1) is 8.99. The van der Waals surface area contributed by atoms with Crippen LogP contribution in [0.15, 0.2) is 24.5 Å². The Bertz CT molecular complexity index is 628. The lowest BCUT2D eigenvalue weighted by Gasteiger charge is -2.09. The van der Waals surface area contributed by atoms with Crippen LogP contribution in [0.25, 0.3) is 0 Å². The Morgan fingerprint density at radius 3 is 2.42 bits per heavy atom. The summed E-state index contributed by atoms with van der Waals surface area (Å²) in [6, 6.07) is 4.55. The Morgan fingerprint density at radius 2 is 1.79 bits per heavy atom. The molecule has 0 fully saturated rings. The molecular weight excluding hydrogens is 311 g/mol. The topological polar surface area (TPSA) is 80.9 Å². The van der Waals surface area contributed by atoms with Crippen molar-refractivity contribution in [3.63, 3.8) is 0 Å². The van der Waals surface area contributed by atoms with Gasteiger partial charge in [0.05, 0.1) is 5.56 Å². The molecule has 0 aliphatic rings. The summed E-state index contributed by atoms with van der Waals surface area (Å²) in [7, 11) is 0. The number of nitrogens with zero attached hydrogens (tertiary/aromatic N) is 2. The van der Waals surface area contributed by atoms with Crippen molar-refractivity contribution in [2.45, 2.75) is 0 Å². The van der Waals surface area contributed by atoms with Gasteiger partial charge in [0, 0.05) is 10.7 Å². The van der Waals surface area contributed by atoms with Gasteiger partial charge < -0.3 is 11.1 Å². The number of nitrogens with one attached hydrogen (secondary N) is 1. The van der Waals surface area contributed by atoms with Crippen molar-refractivity contribution in [1.82, 2.24) is 9.97 Å². The number of carbonyl (C=O) groups excluding carboxylic acids is 1. The van der Waals surface area contributed by atoms with E-state index in [0.717, 1.165) is 0 Å². The van der Waals surface area contributed by atoms with E-state index in [1.165, 1.54) is 18.5 Å². The first-order valence-corrected chi connectivity index (χ1v) is 6.15. The fourth-order valence-corrected chi connectivity index (χ4v) is 1.93. The summed E-state index contributed by atoms with van der Waals surface area (Å²) in [5.74, 6) is -0.501. The highest BCUT2D eigenvalue weighted by Crippen LogP contribution is 2.27. The van der Waals surface area contributed by atoms with Gasteiger partial charge >= 0.3 is 0 Å². The maximum Gasteiger partial charge on any atom is 0.257 e. The molecule has 5 nitrogen and oxygen atoms in total. The van der Waals surface area contributed by atoms with Gasteiger partial charge in [0.1, 0.15) is 12.0 Å². The third-order valence-corrected chi connectivity index (χ3v) is 3.06. The number of hydrogen-bond donors (Lipinski definition) is 2. The molecule has 1 amide bonds. The lowest BCUT2D eigenvalue weighted by molar-refractivity contribution is 0.102. The Morgan fingerprint density at radius 1 is 1.16 bits per heavy atom. The Balaban J connectivity index is 2.34. The minimum atomic E-state index is -0.501. The zero-order valence-corrected chi connectivity index (χ0v) is 11.6. The molecule has 19 heavy (non-hydrogen) atoms. The molecule has 0 atom stereocenters. The molecule has 0 aliphatic heterocycles. The highest BCUT2D eigenvalue weighted by Gasteiger charge is 2.15. The normalized spacial score (nSPS) is 10.3. The third-order valence-electron chi connectivity index (χ3n) is 2.25. The molecule has 3 N–H and O–H groups in total. The van der Waals surface area contributed by atoms with Gasteiger partial charge in [-0.25, -0.2) is 9.97 Å². The van der Waals surface area contributed by atoms with E-state index in [-0.39, 0.29) is 27.2 Å². The van der Waals surface area contributed by atoms with Crippen LogP contribution in [0.2, 0.25) is 15.3 Å². The van der Waals surface area contributed by atoms with Crippen LogP contribution < -0.4 is 11.1 Å². The number of nitrogen functional groups attached to an aromatic ring is 1. The van der Waals surface area contributed by atoms with E-state index in [1.807, 2.05) is 0 Å². The minimum absolute atomic E-state index is 0.0361. The molecule has 0 unspecified atom stereocenters. The van der Waals surface area contributed by atoms with Crippen LogP contribution in [0.5, 0.6) is 0 Å². The van der Waals surface area contributed by atoms with Crippen LogP contribution in [0.1, 0.15) is 10.4 Å². The van der Waals surface area contributed by atoms with Crippen molar-refractivity contribution in [3.8, 4) is 0 Å². The second-order valence-electron chi connectivity index (χ2n) is 3.52. The van der Waals surface area contributed by atoms with Crippen molar-refractivity contribution in [1.29, 1.82) is 0 Å². The van der Waals surface area contributed by atoms with Crippen LogP contribution in [0, 0.1) is 0 Å². The number of rotatable bonds is 2. The number of amides is 1. The zero-order valence-electron chi connectivity index (χ0n) is 9.32. The van der Waals surface area contributed by atoms with Gasteiger partial charge in [-0.05, 0) is 18.2 Å². The monoisotopic (exact) mass is 316 g/mol. The molecule has 0 spiro atoms. The van der Waals surface area contributed by atoms with Gasteiger partial charge in [0.15, 0.2) is 10.3 Å². The number of nitrogens with two attached hydrogens (primary N) is 1. The fourth-order valence-electron chi connectivity index (χ4n) is 1.35. The van der Waals surface area contributed by atoms with E-state index >= 15 is 0 Å². The molecular formula is C11H7Cl3N4O. The van der Waals surface area contributed by atoms with Crippen LogP contribution in [0.3, 0.4) is 0 Å². The lowest BCUT2D eigenvalue weighted by Crippen LogP contribution is -2.15. The van der Waals surface area contributed by atoms with Crippen molar-refractivity contribution in [3.05, 3.63) is 45.4 Å². The van der Waals surface area contributed by atoms with E-state index in [9.17, 15) is 4.79 Å². The van der Waals surface area contributed by atoms with Crippen LogP contribution in [0.4, 0.5) is 11.4 Å². The molecule has 98 valence electrons. The summed E-state index contributed by atoms with van der Waals surface area (Å²) >= 11 is 17.5. The number of halogens is 3. The van der Waals surface area contributed by atoms with Crippen LogP contribution in [-0.4, -0.2) is 15.9 Å². The SMILES string of the molecule is Nc1ccc(Cl)cc1C(=O)Nc1c(Cl)ncnc1Cl. The van der Waals surface area contributed by atoms with E-state index in [0.29, 0.717) is 5.02 Å². The van der Waals surface area contributed by atoms with Crippen molar-refractivity contribution >= 4 is 52.1 Å². The average molecular weight is 318 g/mol. The standard InChI is InChI=1S/C11H7Cl3N4O/c12-5-1-2-7(15)6(3-5)11(19)18-8-9(13)16-4-17-10(8)14/h1-4H,15H2,(H,18,19). The average Bonchev–Trinajstić information content (AvgIpc) is 2.37. The van der Waals surface area contributed by atoms with Gasteiger partial charge in [0.25, 0.3) is 5.91 Å². The molecule has 0 saturated carbocycles. The minimum Gasteiger partial charge on any atom is -0.398 e.